The van der Waals surface area contributed by atoms with Crippen LogP contribution in [0.2, 0.25) is 0 Å². The summed E-state index contributed by atoms with van der Waals surface area (Å²) >= 11 is 0. The van der Waals surface area contributed by atoms with Crippen LogP contribution in [0.25, 0.3) is 0 Å². The molecule has 0 aromatic heterocycles. The maximum absolute atomic E-state index is 12.6. The third-order valence-electron chi connectivity index (χ3n) is 5.69. The normalized spacial score (nSPS) is 21.9. The van der Waals surface area contributed by atoms with E-state index in [0.717, 1.165) is 32.4 Å². The van der Waals surface area contributed by atoms with Crippen LogP contribution in [0.1, 0.15) is 42.0 Å². The Labute approximate surface area is 155 Å². The van der Waals surface area contributed by atoms with E-state index in [2.05, 4.69) is 31.3 Å². The fraction of sp³-hybridized carbons (Fsp3) is 0.600. The Hall–Kier alpha value is -2.08. The van der Waals surface area contributed by atoms with E-state index in [4.69, 9.17) is 5.11 Å². The average molecular weight is 359 g/mol. The van der Waals surface area contributed by atoms with Crippen molar-refractivity contribution < 1.29 is 14.7 Å². The summed E-state index contributed by atoms with van der Waals surface area (Å²) in [6.07, 6.45) is 2.56. The van der Waals surface area contributed by atoms with E-state index in [0.29, 0.717) is 6.54 Å². The first-order valence-electron chi connectivity index (χ1n) is 9.47. The van der Waals surface area contributed by atoms with Crippen molar-refractivity contribution in [1.29, 1.82) is 0 Å². The molecule has 0 bridgehead atoms. The largest absolute Gasteiger partial charge is 0.480 e. The van der Waals surface area contributed by atoms with Gasteiger partial charge in [0.15, 0.2) is 0 Å². The lowest BCUT2D eigenvalue weighted by Gasteiger charge is -2.43. The number of aliphatic carboxylic acids is 1. The molecule has 1 aromatic rings. The number of urea groups is 1. The summed E-state index contributed by atoms with van der Waals surface area (Å²) in [4.78, 5) is 27.4. The van der Waals surface area contributed by atoms with Crippen LogP contribution in [-0.4, -0.2) is 58.6 Å². The van der Waals surface area contributed by atoms with Crippen molar-refractivity contribution in [3.63, 3.8) is 0 Å². The van der Waals surface area contributed by atoms with Crippen molar-refractivity contribution in [3.8, 4) is 0 Å². The van der Waals surface area contributed by atoms with Crippen molar-refractivity contribution in [2.45, 2.75) is 58.7 Å². The van der Waals surface area contributed by atoms with Gasteiger partial charge < -0.3 is 15.3 Å². The molecular formula is C20H29N3O3. The summed E-state index contributed by atoms with van der Waals surface area (Å²) in [6.45, 7) is 8.43. The van der Waals surface area contributed by atoms with E-state index in [9.17, 15) is 9.59 Å². The highest BCUT2D eigenvalue weighted by atomic mass is 16.4. The van der Waals surface area contributed by atoms with E-state index >= 15 is 0 Å². The number of aryl methyl sites for hydroxylation is 2. The van der Waals surface area contributed by atoms with Crippen LogP contribution in [0.4, 0.5) is 4.79 Å². The van der Waals surface area contributed by atoms with Crippen LogP contribution < -0.4 is 5.32 Å². The second kappa shape index (κ2) is 7.66. The van der Waals surface area contributed by atoms with Crippen LogP contribution in [0.15, 0.2) is 12.1 Å². The molecule has 3 rings (SSSR count). The molecule has 0 radical (unpaired) electrons. The minimum Gasteiger partial charge on any atom is -0.480 e. The maximum Gasteiger partial charge on any atom is 0.317 e. The number of likely N-dealkylation sites (N-methyl/N-ethyl adjacent to an activating group) is 1. The van der Waals surface area contributed by atoms with E-state index in [1.807, 2.05) is 16.7 Å². The second-order valence-corrected chi connectivity index (χ2v) is 7.62. The molecule has 0 saturated heterocycles. The third-order valence-corrected chi connectivity index (χ3v) is 5.69. The van der Waals surface area contributed by atoms with Gasteiger partial charge in [0, 0.05) is 25.2 Å². The second-order valence-electron chi connectivity index (χ2n) is 7.62. The lowest BCUT2D eigenvalue weighted by molar-refractivity contribution is -0.139. The smallest absolute Gasteiger partial charge is 0.317 e. The van der Waals surface area contributed by atoms with Crippen molar-refractivity contribution >= 4 is 12.0 Å². The maximum atomic E-state index is 12.6. The number of benzene rings is 1. The van der Waals surface area contributed by atoms with Gasteiger partial charge >= 0.3 is 12.0 Å². The predicted octanol–water partition coefficient (Wildman–Crippen LogP) is 2.31. The molecule has 1 aliphatic carbocycles. The summed E-state index contributed by atoms with van der Waals surface area (Å²) in [5, 5.41) is 12.1. The highest BCUT2D eigenvalue weighted by Gasteiger charge is 2.35. The van der Waals surface area contributed by atoms with Gasteiger partial charge in [0.1, 0.15) is 0 Å². The van der Waals surface area contributed by atoms with Gasteiger partial charge in [0.2, 0.25) is 0 Å². The standard InChI is InChI=1S/C20H29N3O3/c1-4-22(12-19(24)25)17-9-16(10-17)21-20(26)23-6-5-18-14(3)7-13(2)8-15(18)11-23/h7-8,16-17H,4-6,9-12H2,1-3H3,(H,21,26)(H,24,25). The number of nitrogens with zero attached hydrogens (tertiary/aromatic N) is 2. The van der Waals surface area contributed by atoms with E-state index in [1.54, 1.807) is 0 Å². The molecule has 0 unspecified atom stereocenters. The van der Waals surface area contributed by atoms with Crippen LogP contribution in [-0.2, 0) is 17.8 Å². The van der Waals surface area contributed by atoms with Gasteiger partial charge in [-0.2, -0.15) is 0 Å². The number of hydrogen-bond acceptors (Lipinski definition) is 3. The Kier molecular flexibility index (Phi) is 5.51. The zero-order chi connectivity index (χ0) is 18.8. The van der Waals surface area contributed by atoms with Gasteiger partial charge in [-0.25, -0.2) is 4.79 Å². The quantitative estimate of drug-likeness (QED) is 0.846. The van der Waals surface area contributed by atoms with Gasteiger partial charge in [-0.3, -0.25) is 9.69 Å². The number of carbonyl (C=O) groups is 2. The van der Waals surface area contributed by atoms with E-state index in [-0.39, 0.29) is 24.7 Å². The number of carboxylic acid groups (broad SMARTS) is 1. The number of rotatable bonds is 5. The molecular weight excluding hydrogens is 330 g/mol. The van der Waals surface area contributed by atoms with E-state index in [1.165, 1.54) is 22.3 Å². The number of amides is 2. The minimum absolute atomic E-state index is 0.000424. The lowest BCUT2D eigenvalue weighted by Crippen LogP contribution is -2.57. The molecule has 1 aliphatic heterocycles. The molecule has 2 aliphatic rings. The summed E-state index contributed by atoms with van der Waals surface area (Å²) in [5.41, 5.74) is 5.20. The Morgan fingerprint density at radius 1 is 1.31 bits per heavy atom. The number of carbonyl (C=O) groups excluding carboxylic acids is 1. The highest BCUT2D eigenvalue weighted by Crippen LogP contribution is 2.27. The fourth-order valence-corrected chi connectivity index (χ4v) is 4.23. The van der Waals surface area contributed by atoms with Gasteiger partial charge in [-0.05, 0) is 56.3 Å². The van der Waals surface area contributed by atoms with Gasteiger partial charge in [0.05, 0.1) is 6.54 Å². The Bertz CT molecular complexity index is 698. The molecule has 2 amide bonds. The van der Waals surface area contributed by atoms with Crippen molar-refractivity contribution in [3.05, 3.63) is 34.4 Å². The number of carboxylic acids is 1. The molecule has 1 fully saturated rings. The van der Waals surface area contributed by atoms with E-state index < -0.39 is 5.97 Å². The third kappa shape index (κ3) is 4.01. The van der Waals surface area contributed by atoms with Gasteiger partial charge in [-0.15, -0.1) is 0 Å². The zero-order valence-electron chi connectivity index (χ0n) is 15.9. The average Bonchev–Trinajstić information content (AvgIpc) is 2.54. The summed E-state index contributed by atoms with van der Waals surface area (Å²) in [7, 11) is 0. The van der Waals surface area contributed by atoms with Gasteiger partial charge in [-0.1, -0.05) is 24.6 Å². The number of nitrogens with one attached hydrogen (secondary N) is 1. The molecule has 0 spiro atoms. The van der Waals surface area contributed by atoms with Crippen LogP contribution in [0, 0.1) is 13.8 Å². The Morgan fingerprint density at radius 2 is 2.04 bits per heavy atom. The van der Waals surface area contributed by atoms with Crippen LogP contribution in [0.3, 0.4) is 0 Å². The van der Waals surface area contributed by atoms with Crippen LogP contribution >= 0.6 is 0 Å². The summed E-state index contributed by atoms with van der Waals surface area (Å²) < 4.78 is 0. The summed E-state index contributed by atoms with van der Waals surface area (Å²) in [6, 6.07) is 4.80. The first-order chi connectivity index (χ1) is 12.4. The van der Waals surface area contributed by atoms with Gasteiger partial charge in [0.25, 0.3) is 0 Å². The molecule has 1 saturated carbocycles. The highest BCUT2D eigenvalue weighted by molar-refractivity contribution is 5.75. The molecule has 142 valence electrons. The monoisotopic (exact) mass is 359 g/mol. The van der Waals surface area contributed by atoms with Crippen LogP contribution in [0.5, 0.6) is 0 Å². The molecule has 26 heavy (non-hydrogen) atoms. The Balaban J connectivity index is 1.52. The first-order valence-corrected chi connectivity index (χ1v) is 9.47. The molecule has 2 N–H and O–H groups in total. The molecule has 1 heterocycles. The fourth-order valence-electron chi connectivity index (χ4n) is 4.23. The summed E-state index contributed by atoms with van der Waals surface area (Å²) in [5.74, 6) is -0.795. The Morgan fingerprint density at radius 3 is 2.69 bits per heavy atom. The first kappa shape index (κ1) is 18.7. The number of hydrogen-bond donors (Lipinski definition) is 2. The molecule has 0 atom stereocenters. The van der Waals surface area contributed by atoms with Crippen molar-refractivity contribution in [2.24, 2.45) is 0 Å². The molecule has 6 nitrogen and oxygen atoms in total. The van der Waals surface area contributed by atoms with Crippen molar-refractivity contribution in [2.75, 3.05) is 19.6 Å². The molecule has 6 heteroatoms. The van der Waals surface area contributed by atoms with Crippen molar-refractivity contribution in [1.82, 2.24) is 15.1 Å². The predicted molar refractivity (Wildman–Crippen MR) is 100 cm³/mol. The SMILES string of the molecule is CCN(CC(=O)O)C1CC(NC(=O)N2CCc3c(C)cc(C)cc3C2)C1. The molecule has 1 aromatic carbocycles. The number of fused-ring (bicyclic) bond motifs is 1. The topological polar surface area (TPSA) is 72.9 Å². The lowest BCUT2D eigenvalue weighted by atomic mass is 9.85. The minimum atomic E-state index is -0.795. The zero-order valence-corrected chi connectivity index (χ0v) is 15.9.